The number of amides is 1. The van der Waals surface area contributed by atoms with Gasteiger partial charge in [-0.05, 0) is 40.1 Å². The fraction of sp³-hybridized carbons (Fsp3) is 0.176. The standard InChI is InChI=1S/C17H14ClN3OS/c18-13-3-1-11(2-4-13)9-21-17-15(8-19-21)14(7-16(22)20-17)12-5-6-23-10-12/h1-6,8,10,14H,7,9H2,(H,20,22)/t14-/m0/s1. The van der Waals surface area contributed by atoms with Crippen molar-refractivity contribution in [3.05, 3.63) is 69.0 Å². The minimum absolute atomic E-state index is 0.0338. The van der Waals surface area contributed by atoms with Gasteiger partial charge in [0.25, 0.3) is 0 Å². The predicted molar refractivity (Wildman–Crippen MR) is 92.2 cm³/mol. The van der Waals surface area contributed by atoms with E-state index in [9.17, 15) is 4.79 Å². The van der Waals surface area contributed by atoms with E-state index in [-0.39, 0.29) is 11.8 Å². The highest BCUT2D eigenvalue weighted by atomic mass is 35.5. The Morgan fingerprint density at radius 3 is 2.87 bits per heavy atom. The highest BCUT2D eigenvalue weighted by Crippen LogP contribution is 2.37. The van der Waals surface area contributed by atoms with E-state index in [0.29, 0.717) is 18.0 Å². The third-order valence-electron chi connectivity index (χ3n) is 4.08. The first-order chi connectivity index (χ1) is 11.2. The Morgan fingerprint density at radius 1 is 1.30 bits per heavy atom. The zero-order valence-corrected chi connectivity index (χ0v) is 13.8. The molecule has 1 aliphatic rings. The second-order valence-electron chi connectivity index (χ2n) is 5.59. The highest BCUT2D eigenvalue weighted by molar-refractivity contribution is 7.08. The summed E-state index contributed by atoms with van der Waals surface area (Å²) in [7, 11) is 0. The molecular weight excluding hydrogens is 330 g/mol. The van der Waals surface area contributed by atoms with Crippen LogP contribution in [0.3, 0.4) is 0 Å². The number of thiophene rings is 1. The minimum Gasteiger partial charge on any atom is -0.311 e. The number of hydrogen-bond donors (Lipinski definition) is 1. The van der Waals surface area contributed by atoms with E-state index in [2.05, 4.69) is 21.9 Å². The van der Waals surface area contributed by atoms with Gasteiger partial charge in [-0.25, -0.2) is 4.68 Å². The molecule has 0 fully saturated rings. The van der Waals surface area contributed by atoms with Crippen LogP contribution >= 0.6 is 22.9 Å². The van der Waals surface area contributed by atoms with Gasteiger partial charge in [0.2, 0.25) is 5.91 Å². The molecule has 1 amide bonds. The van der Waals surface area contributed by atoms with Crippen molar-refractivity contribution in [3.63, 3.8) is 0 Å². The average molecular weight is 344 g/mol. The zero-order valence-electron chi connectivity index (χ0n) is 12.2. The van der Waals surface area contributed by atoms with Crippen LogP contribution in [0.15, 0.2) is 47.3 Å². The van der Waals surface area contributed by atoms with Gasteiger partial charge in [-0.2, -0.15) is 16.4 Å². The summed E-state index contributed by atoms with van der Waals surface area (Å²) in [6, 6.07) is 9.74. The summed E-state index contributed by atoms with van der Waals surface area (Å²) >= 11 is 7.57. The summed E-state index contributed by atoms with van der Waals surface area (Å²) < 4.78 is 1.84. The second kappa shape index (κ2) is 5.83. The molecule has 4 nitrogen and oxygen atoms in total. The summed E-state index contributed by atoms with van der Waals surface area (Å²) in [4.78, 5) is 12.1. The molecule has 6 heteroatoms. The molecule has 3 aromatic rings. The first kappa shape index (κ1) is 14.5. The van der Waals surface area contributed by atoms with E-state index in [1.54, 1.807) is 11.3 Å². The van der Waals surface area contributed by atoms with E-state index < -0.39 is 0 Å². The van der Waals surface area contributed by atoms with Gasteiger partial charge < -0.3 is 5.32 Å². The Balaban J connectivity index is 1.69. The Hall–Kier alpha value is -2.11. The van der Waals surface area contributed by atoms with Crippen LogP contribution < -0.4 is 5.32 Å². The molecule has 0 aliphatic carbocycles. The molecule has 1 aliphatic heterocycles. The van der Waals surface area contributed by atoms with Crippen molar-refractivity contribution < 1.29 is 4.79 Å². The Labute approximate surface area is 142 Å². The van der Waals surface area contributed by atoms with Gasteiger partial charge in [0.15, 0.2) is 0 Å². The molecule has 0 saturated heterocycles. The molecule has 1 atom stereocenters. The van der Waals surface area contributed by atoms with Crippen molar-refractivity contribution in [1.82, 2.24) is 9.78 Å². The number of carbonyl (C=O) groups is 1. The number of rotatable bonds is 3. The fourth-order valence-corrected chi connectivity index (χ4v) is 3.76. The third kappa shape index (κ3) is 2.78. The summed E-state index contributed by atoms with van der Waals surface area (Å²) in [5, 5.41) is 12.3. The largest absolute Gasteiger partial charge is 0.311 e. The molecular formula is C17H14ClN3OS. The normalized spacial score (nSPS) is 16.9. The van der Waals surface area contributed by atoms with Gasteiger partial charge in [-0.3, -0.25) is 4.79 Å². The third-order valence-corrected chi connectivity index (χ3v) is 5.04. The molecule has 0 saturated carbocycles. The summed E-state index contributed by atoms with van der Waals surface area (Å²) in [6.07, 6.45) is 2.34. The monoisotopic (exact) mass is 343 g/mol. The van der Waals surface area contributed by atoms with E-state index in [1.165, 1.54) is 5.56 Å². The van der Waals surface area contributed by atoms with Crippen LogP contribution in [-0.2, 0) is 11.3 Å². The molecule has 0 spiro atoms. The van der Waals surface area contributed by atoms with Gasteiger partial charge in [0, 0.05) is 22.9 Å². The van der Waals surface area contributed by atoms with Crippen molar-refractivity contribution >= 4 is 34.7 Å². The van der Waals surface area contributed by atoms with E-state index >= 15 is 0 Å². The maximum atomic E-state index is 12.1. The average Bonchev–Trinajstić information content (AvgIpc) is 3.19. The molecule has 0 unspecified atom stereocenters. The lowest BCUT2D eigenvalue weighted by atomic mass is 9.89. The van der Waals surface area contributed by atoms with Crippen LogP contribution in [0.2, 0.25) is 5.02 Å². The number of halogens is 1. The van der Waals surface area contributed by atoms with Crippen LogP contribution in [0.25, 0.3) is 0 Å². The molecule has 23 heavy (non-hydrogen) atoms. The lowest BCUT2D eigenvalue weighted by Crippen LogP contribution is -2.24. The molecule has 2 aromatic heterocycles. The van der Waals surface area contributed by atoms with E-state index in [1.807, 2.05) is 40.5 Å². The van der Waals surface area contributed by atoms with Crippen LogP contribution in [-0.4, -0.2) is 15.7 Å². The molecule has 0 radical (unpaired) electrons. The van der Waals surface area contributed by atoms with Crippen molar-refractivity contribution in [2.75, 3.05) is 5.32 Å². The maximum Gasteiger partial charge on any atom is 0.226 e. The van der Waals surface area contributed by atoms with E-state index in [0.717, 1.165) is 16.9 Å². The summed E-state index contributed by atoms with van der Waals surface area (Å²) in [5.74, 6) is 0.919. The van der Waals surface area contributed by atoms with Crippen LogP contribution in [0.1, 0.15) is 29.0 Å². The smallest absolute Gasteiger partial charge is 0.226 e. The number of nitrogens with zero attached hydrogens (tertiary/aromatic N) is 2. The maximum absolute atomic E-state index is 12.1. The molecule has 1 N–H and O–H groups in total. The van der Waals surface area contributed by atoms with Gasteiger partial charge in [-0.15, -0.1) is 0 Å². The molecule has 4 rings (SSSR count). The van der Waals surface area contributed by atoms with Crippen molar-refractivity contribution in [3.8, 4) is 0 Å². The Bertz CT molecular complexity index is 839. The molecule has 116 valence electrons. The Kier molecular flexibility index (Phi) is 3.67. The molecule has 1 aromatic carbocycles. The van der Waals surface area contributed by atoms with Gasteiger partial charge in [-0.1, -0.05) is 23.7 Å². The first-order valence-electron chi connectivity index (χ1n) is 7.33. The van der Waals surface area contributed by atoms with Crippen molar-refractivity contribution in [1.29, 1.82) is 0 Å². The SMILES string of the molecule is O=C1C[C@@H](c2ccsc2)c2cnn(Cc3ccc(Cl)cc3)c2N1. The lowest BCUT2D eigenvalue weighted by molar-refractivity contribution is -0.116. The van der Waals surface area contributed by atoms with Gasteiger partial charge >= 0.3 is 0 Å². The number of fused-ring (bicyclic) bond motifs is 1. The lowest BCUT2D eigenvalue weighted by Gasteiger charge is -2.23. The number of nitrogens with one attached hydrogen (secondary N) is 1. The number of hydrogen-bond acceptors (Lipinski definition) is 3. The number of carbonyl (C=O) groups excluding carboxylic acids is 1. The highest BCUT2D eigenvalue weighted by Gasteiger charge is 2.30. The van der Waals surface area contributed by atoms with Crippen LogP contribution in [0.5, 0.6) is 0 Å². The summed E-state index contributed by atoms with van der Waals surface area (Å²) in [6.45, 7) is 0.600. The number of anilines is 1. The van der Waals surface area contributed by atoms with Crippen molar-refractivity contribution in [2.45, 2.75) is 18.9 Å². The molecule has 3 heterocycles. The zero-order chi connectivity index (χ0) is 15.8. The van der Waals surface area contributed by atoms with Crippen molar-refractivity contribution in [2.24, 2.45) is 0 Å². The van der Waals surface area contributed by atoms with Gasteiger partial charge in [0.05, 0.1) is 12.7 Å². The summed E-state index contributed by atoms with van der Waals surface area (Å²) in [5.41, 5.74) is 3.35. The number of benzene rings is 1. The second-order valence-corrected chi connectivity index (χ2v) is 6.81. The van der Waals surface area contributed by atoms with Gasteiger partial charge in [0.1, 0.15) is 5.82 Å². The first-order valence-corrected chi connectivity index (χ1v) is 8.65. The predicted octanol–water partition coefficient (Wildman–Crippen LogP) is 4.12. The quantitative estimate of drug-likeness (QED) is 0.777. The fourth-order valence-electron chi connectivity index (χ4n) is 2.92. The van der Waals surface area contributed by atoms with Crippen LogP contribution in [0, 0.1) is 0 Å². The Morgan fingerprint density at radius 2 is 2.13 bits per heavy atom. The minimum atomic E-state index is 0.0338. The molecule has 0 bridgehead atoms. The number of aromatic nitrogens is 2. The van der Waals surface area contributed by atoms with E-state index in [4.69, 9.17) is 11.6 Å². The topological polar surface area (TPSA) is 46.9 Å². The van der Waals surface area contributed by atoms with Crippen LogP contribution in [0.4, 0.5) is 5.82 Å².